The highest BCUT2D eigenvalue weighted by Crippen LogP contribution is 2.37. The summed E-state index contributed by atoms with van der Waals surface area (Å²) in [6.45, 7) is 0. The summed E-state index contributed by atoms with van der Waals surface area (Å²) in [5, 5.41) is 7.64. The van der Waals surface area contributed by atoms with Gasteiger partial charge in [0.05, 0.1) is 5.52 Å². The van der Waals surface area contributed by atoms with Crippen molar-refractivity contribution in [1.82, 2.24) is 9.55 Å². The summed E-state index contributed by atoms with van der Waals surface area (Å²) in [4.78, 5) is 4.64. The number of aryl methyl sites for hydroxylation is 1. The van der Waals surface area contributed by atoms with Gasteiger partial charge in [0.2, 0.25) is 0 Å². The lowest BCUT2D eigenvalue weighted by Gasteiger charge is -2.10. The van der Waals surface area contributed by atoms with E-state index in [0.29, 0.717) is 0 Å². The number of nitrogens with zero attached hydrogens (tertiary/aromatic N) is 2. The van der Waals surface area contributed by atoms with Crippen LogP contribution in [0.2, 0.25) is 0 Å². The van der Waals surface area contributed by atoms with Gasteiger partial charge in [-0.3, -0.25) is 4.98 Å². The Hall–Kier alpha value is -2.87. The maximum absolute atomic E-state index is 4.64. The molecule has 2 aromatic heterocycles. The lowest BCUT2D eigenvalue weighted by Crippen LogP contribution is -1.88. The molecular formula is C20H14N2. The highest BCUT2D eigenvalue weighted by molar-refractivity contribution is 6.30. The number of hydrogen-bond donors (Lipinski definition) is 0. The van der Waals surface area contributed by atoms with Crippen LogP contribution in [0.15, 0.2) is 67.0 Å². The Bertz CT molecular complexity index is 1150. The molecule has 0 amide bonds. The third-order valence-corrected chi connectivity index (χ3v) is 4.62. The highest BCUT2D eigenvalue weighted by Gasteiger charge is 2.12. The molecular weight excluding hydrogens is 268 g/mol. The molecule has 0 N–H and O–H groups in total. The average molecular weight is 282 g/mol. The minimum atomic E-state index is 1.08. The average Bonchev–Trinajstić information content (AvgIpc) is 2.96. The minimum absolute atomic E-state index is 1.08. The molecule has 3 aromatic carbocycles. The quantitative estimate of drug-likeness (QED) is 0.364. The van der Waals surface area contributed by atoms with E-state index in [9.17, 15) is 0 Å². The largest absolute Gasteiger partial charge is 0.351 e. The topological polar surface area (TPSA) is 17.8 Å². The molecule has 0 saturated heterocycles. The molecule has 0 unspecified atom stereocenters. The Morgan fingerprint density at radius 3 is 2.32 bits per heavy atom. The van der Waals surface area contributed by atoms with Crippen LogP contribution in [0.4, 0.5) is 0 Å². The van der Waals surface area contributed by atoms with Crippen molar-refractivity contribution in [2.45, 2.75) is 0 Å². The smallest absolute Gasteiger partial charge is 0.0786 e. The molecule has 5 aromatic rings. The Labute approximate surface area is 127 Å². The van der Waals surface area contributed by atoms with Crippen LogP contribution in [-0.4, -0.2) is 9.55 Å². The van der Waals surface area contributed by atoms with Gasteiger partial charge < -0.3 is 4.57 Å². The van der Waals surface area contributed by atoms with E-state index in [0.717, 1.165) is 5.52 Å². The fraction of sp³-hybridized carbons (Fsp3) is 0.0500. The van der Waals surface area contributed by atoms with Crippen molar-refractivity contribution in [3.05, 3.63) is 67.0 Å². The summed E-state index contributed by atoms with van der Waals surface area (Å²) in [5.41, 5.74) is 2.35. The van der Waals surface area contributed by atoms with Crippen LogP contribution in [0.5, 0.6) is 0 Å². The van der Waals surface area contributed by atoms with Gasteiger partial charge in [-0.1, -0.05) is 36.4 Å². The van der Waals surface area contributed by atoms with Crippen molar-refractivity contribution in [2.75, 3.05) is 0 Å². The molecule has 2 heteroatoms. The Kier molecular flexibility index (Phi) is 2.18. The lowest BCUT2D eigenvalue weighted by atomic mass is 9.95. The second-order valence-corrected chi connectivity index (χ2v) is 5.79. The van der Waals surface area contributed by atoms with Crippen LogP contribution < -0.4 is 0 Å². The highest BCUT2D eigenvalue weighted by atomic mass is 14.9. The summed E-state index contributed by atoms with van der Waals surface area (Å²) in [7, 11) is 2.10. The zero-order valence-electron chi connectivity index (χ0n) is 12.2. The number of rotatable bonds is 0. The van der Waals surface area contributed by atoms with Crippen LogP contribution in [0.25, 0.3) is 43.4 Å². The number of fused-ring (bicyclic) bond motifs is 8. The summed E-state index contributed by atoms with van der Waals surface area (Å²) >= 11 is 0. The first-order valence-electron chi connectivity index (χ1n) is 7.48. The van der Waals surface area contributed by atoms with Crippen molar-refractivity contribution >= 4 is 43.4 Å². The van der Waals surface area contributed by atoms with Gasteiger partial charge in [0.15, 0.2) is 0 Å². The Morgan fingerprint density at radius 1 is 0.727 bits per heavy atom. The van der Waals surface area contributed by atoms with E-state index in [2.05, 4.69) is 71.3 Å². The van der Waals surface area contributed by atoms with Gasteiger partial charge in [0, 0.05) is 41.1 Å². The van der Waals surface area contributed by atoms with E-state index in [1.807, 2.05) is 12.3 Å². The van der Waals surface area contributed by atoms with Gasteiger partial charge in [-0.05, 0) is 34.4 Å². The molecule has 0 saturated carbocycles. The molecule has 2 heterocycles. The van der Waals surface area contributed by atoms with E-state index in [1.165, 1.54) is 37.8 Å². The number of pyridine rings is 1. The van der Waals surface area contributed by atoms with Crippen LogP contribution in [-0.2, 0) is 7.05 Å². The number of benzene rings is 3. The normalized spacial score (nSPS) is 11.9. The maximum Gasteiger partial charge on any atom is 0.0786 e. The molecule has 0 aliphatic heterocycles. The third kappa shape index (κ3) is 1.37. The fourth-order valence-electron chi connectivity index (χ4n) is 3.61. The summed E-state index contributed by atoms with van der Waals surface area (Å²) in [6.07, 6.45) is 4.01. The number of hydrogen-bond acceptors (Lipinski definition) is 1. The van der Waals surface area contributed by atoms with Crippen molar-refractivity contribution < 1.29 is 0 Å². The van der Waals surface area contributed by atoms with Crippen molar-refractivity contribution in [3.8, 4) is 0 Å². The van der Waals surface area contributed by atoms with Gasteiger partial charge in [0.1, 0.15) is 0 Å². The van der Waals surface area contributed by atoms with Crippen LogP contribution in [0.3, 0.4) is 0 Å². The van der Waals surface area contributed by atoms with E-state index in [4.69, 9.17) is 0 Å². The zero-order chi connectivity index (χ0) is 14.7. The molecule has 0 radical (unpaired) electrons. The lowest BCUT2D eigenvalue weighted by molar-refractivity contribution is 0.969. The zero-order valence-corrected chi connectivity index (χ0v) is 12.2. The molecule has 104 valence electrons. The molecule has 0 aliphatic carbocycles. The van der Waals surface area contributed by atoms with Crippen LogP contribution in [0, 0.1) is 0 Å². The van der Waals surface area contributed by atoms with Gasteiger partial charge in [-0.25, -0.2) is 0 Å². The van der Waals surface area contributed by atoms with Gasteiger partial charge in [-0.2, -0.15) is 0 Å². The van der Waals surface area contributed by atoms with Crippen LogP contribution in [0.1, 0.15) is 0 Å². The summed E-state index contributed by atoms with van der Waals surface area (Å²) in [6, 6.07) is 19.4. The third-order valence-electron chi connectivity index (χ3n) is 4.62. The molecule has 5 rings (SSSR count). The molecule has 0 atom stereocenters. The molecule has 0 aliphatic rings. The van der Waals surface area contributed by atoms with E-state index < -0.39 is 0 Å². The first-order chi connectivity index (χ1) is 10.8. The van der Waals surface area contributed by atoms with Gasteiger partial charge >= 0.3 is 0 Å². The van der Waals surface area contributed by atoms with E-state index >= 15 is 0 Å². The van der Waals surface area contributed by atoms with Crippen molar-refractivity contribution in [3.63, 3.8) is 0 Å². The minimum Gasteiger partial charge on any atom is -0.351 e. The molecule has 22 heavy (non-hydrogen) atoms. The summed E-state index contributed by atoms with van der Waals surface area (Å²) in [5.74, 6) is 0. The predicted octanol–water partition coefficient (Wildman–Crippen LogP) is 5.03. The first-order valence-corrected chi connectivity index (χ1v) is 7.48. The van der Waals surface area contributed by atoms with E-state index in [1.54, 1.807) is 0 Å². The van der Waals surface area contributed by atoms with Crippen molar-refractivity contribution in [2.24, 2.45) is 7.05 Å². The molecule has 2 nitrogen and oxygen atoms in total. The second-order valence-electron chi connectivity index (χ2n) is 5.79. The van der Waals surface area contributed by atoms with Gasteiger partial charge in [-0.15, -0.1) is 0 Å². The standard InChI is InChI=1S/C20H14N2/c1-22-12-10-17-18(22)9-8-14-16-7-4-11-21-20(16)15-6-3-2-5-13(15)19(14)17/h2-12H,1H3. The predicted molar refractivity (Wildman–Crippen MR) is 93.2 cm³/mol. The Balaban J connectivity index is 2.23. The van der Waals surface area contributed by atoms with Gasteiger partial charge in [0.25, 0.3) is 0 Å². The summed E-state index contributed by atoms with van der Waals surface area (Å²) < 4.78 is 2.18. The molecule has 0 spiro atoms. The number of aromatic nitrogens is 2. The Morgan fingerprint density at radius 2 is 1.45 bits per heavy atom. The maximum atomic E-state index is 4.64. The molecule has 0 bridgehead atoms. The first kappa shape index (κ1) is 11.8. The second kappa shape index (κ2) is 4.08. The monoisotopic (exact) mass is 282 g/mol. The van der Waals surface area contributed by atoms with Crippen molar-refractivity contribution in [1.29, 1.82) is 0 Å². The SMILES string of the molecule is Cn1ccc2c3c4ccccc4c4ncccc4c3ccc21. The molecule has 0 fully saturated rings. The van der Waals surface area contributed by atoms with Crippen LogP contribution >= 0.6 is 0 Å². The fourth-order valence-corrected chi connectivity index (χ4v) is 3.61. The van der Waals surface area contributed by atoms with E-state index in [-0.39, 0.29) is 0 Å².